The Hall–Kier alpha value is -2.20. The summed E-state index contributed by atoms with van der Waals surface area (Å²) in [7, 11) is 1.91. The van der Waals surface area contributed by atoms with Gasteiger partial charge in [0.25, 0.3) is 5.69 Å². The van der Waals surface area contributed by atoms with Crippen LogP contribution in [0.25, 0.3) is 0 Å². The molecule has 0 radical (unpaired) electrons. The van der Waals surface area contributed by atoms with E-state index in [2.05, 4.69) is 10.3 Å². The summed E-state index contributed by atoms with van der Waals surface area (Å²) < 4.78 is 0. The largest absolute Gasteiger partial charge is 0.354 e. The Kier molecular flexibility index (Phi) is 3.92. The minimum atomic E-state index is -0.537. The summed E-state index contributed by atoms with van der Waals surface area (Å²) >= 11 is 0. The summed E-state index contributed by atoms with van der Waals surface area (Å²) in [5.74, 6) is 0.535. The van der Waals surface area contributed by atoms with Gasteiger partial charge in [0.2, 0.25) is 0 Å². The number of anilines is 1. The van der Waals surface area contributed by atoms with Gasteiger partial charge in [-0.3, -0.25) is 10.1 Å². The van der Waals surface area contributed by atoms with E-state index in [1.54, 1.807) is 0 Å². The lowest BCUT2D eigenvalue weighted by Crippen LogP contribution is -2.45. The molecule has 0 aromatic carbocycles. The minimum absolute atomic E-state index is 0.150. The fourth-order valence-electron chi connectivity index (χ4n) is 2.29. The van der Waals surface area contributed by atoms with Crippen molar-refractivity contribution in [3.05, 3.63) is 27.9 Å². The zero-order valence-electron chi connectivity index (χ0n) is 10.7. The zero-order chi connectivity index (χ0) is 13.8. The topological polar surface area (TPSA) is 95.1 Å². The molecule has 1 fully saturated rings. The number of hydrogen-bond acceptors (Lipinski definition) is 6. The van der Waals surface area contributed by atoms with Crippen LogP contribution >= 0.6 is 0 Å². The maximum atomic E-state index is 10.7. The quantitative estimate of drug-likeness (QED) is 0.645. The van der Waals surface area contributed by atoms with E-state index in [9.17, 15) is 10.1 Å². The molecule has 0 saturated carbocycles. The van der Waals surface area contributed by atoms with E-state index in [1.807, 2.05) is 18.0 Å². The van der Waals surface area contributed by atoms with Crippen molar-refractivity contribution >= 4 is 11.5 Å². The van der Waals surface area contributed by atoms with E-state index < -0.39 is 4.92 Å². The first kappa shape index (κ1) is 13.2. The molecule has 1 unspecified atom stereocenters. The van der Waals surface area contributed by atoms with Crippen LogP contribution in [0.3, 0.4) is 0 Å². The number of rotatable bonds is 3. The number of aromatic nitrogens is 1. The van der Waals surface area contributed by atoms with Gasteiger partial charge in [-0.2, -0.15) is 5.26 Å². The highest BCUT2D eigenvalue weighted by molar-refractivity contribution is 5.57. The molecular weight excluding hydrogens is 246 g/mol. The molecule has 7 heteroatoms. The van der Waals surface area contributed by atoms with E-state index in [4.69, 9.17) is 5.26 Å². The first-order valence-electron chi connectivity index (χ1n) is 6.12. The van der Waals surface area contributed by atoms with Crippen LogP contribution in [0.2, 0.25) is 0 Å². The molecule has 0 aliphatic carbocycles. The van der Waals surface area contributed by atoms with Crippen LogP contribution in [-0.4, -0.2) is 36.1 Å². The lowest BCUT2D eigenvalue weighted by Gasteiger charge is -2.33. The molecule has 1 aromatic rings. The Morgan fingerprint density at radius 1 is 1.68 bits per heavy atom. The first-order chi connectivity index (χ1) is 9.15. The number of nitro groups is 1. The number of piperidine rings is 1. The molecule has 7 nitrogen and oxygen atoms in total. The highest BCUT2D eigenvalue weighted by atomic mass is 16.6. The monoisotopic (exact) mass is 261 g/mol. The molecule has 0 spiro atoms. The van der Waals surface area contributed by atoms with Crippen LogP contribution in [0.15, 0.2) is 12.3 Å². The summed E-state index contributed by atoms with van der Waals surface area (Å²) in [6, 6.07) is 3.63. The third kappa shape index (κ3) is 2.80. The molecule has 100 valence electrons. The smallest absolute Gasteiger partial charge is 0.289 e. The third-order valence-corrected chi connectivity index (χ3v) is 3.31. The summed E-state index contributed by atoms with van der Waals surface area (Å²) in [5.41, 5.74) is 0.105. The van der Waals surface area contributed by atoms with Crippen molar-refractivity contribution in [2.75, 3.05) is 25.0 Å². The number of nitrogens with one attached hydrogen (secondary N) is 1. The van der Waals surface area contributed by atoms with E-state index in [-0.39, 0.29) is 11.3 Å². The van der Waals surface area contributed by atoms with Gasteiger partial charge in [-0.25, -0.2) is 4.98 Å². The van der Waals surface area contributed by atoms with E-state index in [1.165, 1.54) is 12.3 Å². The van der Waals surface area contributed by atoms with E-state index >= 15 is 0 Å². The Morgan fingerprint density at radius 3 is 3.11 bits per heavy atom. The molecule has 19 heavy (non-hydrogen) atoms. The second-order valence-corrected chi connectivity index (χ2v) is 4.51. The maximum absolute atomic E-state index is 10.7. The zero-order valence-corrected chi connectivity index (χ0v) is 10.7. The van der Waals surface area contributed by atoms with Gasteiger partial charge in [0, 0.05) is 25.2 Å². The fraction of sp³-hybridized carbons (Fsp3) is 0.500. The molecule has 0 bridgehead atoms. The van der Waals surface area contributed by atoms with Gasteiger partial charge in [0.15, 0.2) is 0 Å². The summed E-state index contributed by atoms with van der Waals surface area (Å²) in [5, 5.41) is 23.0. The highest BCUT2D eigenvalue weighted by Gasteiger charge is 2.23. The standard InChI is InChI=1S/C12H15N5O2/c1-14-10-3-2-4-16(8-10)12-9(6-13)5-11(7-15-12)17(18)19/h5,7,10,14H,2-4,8H2,1H3. The molecule has 1 atom stereocenters. The number of likely N-dealkylation sites (N-methyl/N-ethyl adjacent to an activating group) is 1. The van der Waals surface area contributed by atoms with Crippen LogP contribution in [0.4, 0.5) is 11.5 Å². The molecule has 1 saturated heterocycles. The van der Waals surface area contributed by atoms with Gasteiger partial charge in [0.05, 0.1) is 4.92 Å². The second kappa shape index (κ2) is 5.63. The third-order valence-electron chi connectivity index (χ3n) is 3.31. The molecule has 0 amide bonds. The van der Waals surface area contributed by atoms with Crippen LogP contribution in [-0.2, 0) is 0 Å². The van der Waals surface area contributed by atoms with Crippen LogP contribution in [0.1, 0.15) is 18.4 Å². The van der Waals surface area contributed by atoms with Gasteiger partial charge in [-0.05, 0) is 19.9 Å². The van der Waals surface area contributed by atoms with Crippen molar-refractivity contribution in [2.45, 2.75) is 18.9 Å². The molecule has 1 aromatic heterocycles. The van der Waals surface area contributed by atoms with Crippen LogP contribution < -0.4 is 10.2 Å². The molecule has 1 aliphatic heterocycles. The number of nitriles is 1. The highest BCUT2D eigenvalue weighted by Crippen LogP contribution is 2.24. The summed E-state index contributed by atoms with van der Waals surface area (Å²) in [4.78, 5) is 16.3. The average Bonchev–Trinajstić information content (AvgIpc) is 2.46. The fourth-order valence-corrected chi connectivity index (χ4v) is 2.29. The molecule has 2 heterocycles. The molecule has 2 rings (SSSR count). The van der Waals surface area contributed by atoms with Gasteiger partial charge >= 0.3 is 0 Å². The van der Waals surface area contributed by atoms with E-state index in [0.29, 0.717) is 11.9 Å². The SMILES string of the molecule is CNC1CCCN(c2ncc([N+](=O)[O-])cc2C#N)C1. The van der Waals surface area contributed by atoms with Crippen LogP contribution in [0, 0.1) is 21.4 Å². The van der Waals surface area contributed by atoms with Gasteiger partial charge < -0.3 is 10.2 Å². The average molecular weight is 261 g/mol. The van der Waals surface area contributed by atoms with Gasteiger partial charge in [-0.1, -0.05) is 0 Å². The molecule has 1 aliphatic rings. The van der Waals surface area contributed by atoms with Crippen molar-refractivity contribution < 1.29 is 4.92 Å². The Morgan fingerprint density at radius 2 is 2.47 bits per heavy atom. The molecular formula is C12H15N5O2. The predicted octanol–water partition coefficient (Wildman–Crippen LogP) is 1.05. The van der Waals surface area contributed by atoms with Crippen molar-refractivity contribution in [1.29, 1.82) is 5.26 Å². The Labute approximate surface area is 111 Å². The van der Waals surface area contributed by atoms with E-state index in [0.717, 1.165) is 25.9 Å². The lowest BCUT2D eigenvalue weighted by atomic mass is 10.1. The maximum Gasteiger partial charge on any atom is 0.289 e. The van der Waals surface area contributed by atoms with Crippen molar-refractivity contribution in [2.24, 2.45) is 0 Å². The first-order valence-corrected chi connectivity index (χ1v) is 6.12. The van der Waals surface area contributed by atoms with Gasteiger partial charge in [-0.15, -0.1) is 0 Å². The summed E-state index contributed by atoms with van der Waals surface area (Å²) in [6.45, 7) is 1.58. The predicted molar refractivity (Wildman–Crippen MR) is 69.9 cm³/mol. The van der Waals surface area contributed by atoms with Crippen molar-refractivity contribution in [3.8, 4) is 6.07 Å². The number of pyridine rings is 1. The van der Waals surface area contributed by atoms with Gasteiger partial charge in [0.1, 0.15) is 23.6 Å². The minimum Gasteiger partial charge on any atom is -0.354 e. The Bertz CT molecular complexity index is 525. The second-order valence-electron chi connectivity index (χ2n) is 4.51. The normalized spacial score (nSPS) is 18.9. The Balaban J connectivity index is 2.29. The number of nitrogens with zero attached hydrogens (tertiary/aromatic N) is 4. The van der Waals surface area contributed by atoms with Crippen molar-refractivity contribution in [3.63, 3.8) is 0 Å². The number of hydrogen-bond donors (Lipinski definition) is 1. The van der Waals surface area contributed by atoms with Crippen LogP contribution in [0.5, 0.6) is 0 Å². The molecule has 1 N–H and O–H groups in total. The summed E-state index contributed by atoms with van der Waals surface area (Å²) in [6.07, 6.45) is 3.30. The van der Waals surface area contributed by atoms with Crippen molar-refractivity contribution in [1.82, 2.24) is 10.3 Å². The lowest BCUT2D eigenvalue weighted by molar-refractivity contribution is -0.385.